The number of nitrogens with zero attached hydrogens (tertiary/aromatic N) is 1. The second-order valence-corrected chi connectivity index (χ2v) is 9.59. The van der Waals surface area contributed by atoms with Crippen LogP contribution >= 0.6 is 0 Å². The van der Waals surface area contributed by atoms with Gasteiger partial charge in [0, 0.05) is 6.54 Å². The molecule has 0 unspecified atom stereocenters. The quantitative estimate of drug-likeness (QED) is 0.355. The molecule has 4 rings (SSSR count). The number of esters is 1. The highest BCUT2D eigenvalue weighted by atomic mass is 19.4. The second-order valence-electron chi connectivity index (χ2n) is 9.59. The van der Waals surface area contributed by atoms with Crippen LogP contribution in [-0.2, 0) is 16.1 Å². The molecule has 0 N–H and O–H groups in total. The normalized spacial score (nSPS) is 22.2. The Bertz CT molecular complexity index is 1040. The first kappa shape index (κ1) is 25.5. The molecule has 0 amide bonds. The van der Waals surface area contributed by atoms with E-state index in [1.54, 1.807) is 6.07 Å². The van der Waals surface area contributed by atoms with Crippen molar-refractivity contribution < 1.29 is 32.2 Å². The van der Waals surface area contributed by atoms with Gasteiger partial charge in [0.1, 0.15) is 5.75 Å². The molecule has 0 radical (unpaired) electrons. The van der Waals surface area contributed by atoms with Crippen LogP contribution in [0.5, 0.6) is 5.75 Å². The molecule has 0 atom stereocenters. The lowest BCUT2D eigenvalue weighted by Crippen LogP contribution is -2.36. The summed E-state index contributed by atoms with van der Waals surface area (Å²) in [5, 5.41) is 1.69. The van der Waals surface area contributed by atoms with Crippen LogP contribution in [0, 0.1) is 11.8 Å². The van der Waals surface area contributed by atoms with Crippen LogP contribution in [0.25, 0.3) is 10.8 Å². The van der Waals surface area contributed by atoms with Gasteiger partial charge in [-0.25, -0.2) is 0 Å². The number of carbonyl (C=O) groups is 2. The van der Waals surface area contributed by atoms with Crippen molar-refractivity contribution in [3.05, 3.63) is 41.5 Å². The summed E-state index contributed by atoms with van der Waals surface area (Å²) in [6, 6.07) is 9.60. The van der Waals surface area contributed by atoms with Gasteiger partial charge in [0.15, 0.2) is 6.29 Å². The smallest absolute Gasteiger partial charge is 0.391 e. The highest BCUT2D eigenvalue weighted by Gasteiger charge is 2.41. The Morgan fingerprint density at radius 3 is 2.40 bits per heavy atom. The fourth-order valence-corrected chi connectivity index (χ4v) is 5.24. The molecule has 2 aromatic carbocycles. The summed E-state index contributed by atoms with van der Waals surface area (Å²) in [5.74, 6) is -0.971. The first-order valence-corrected chi connectivity index (χ1v) is 12.4. The average Bonchev–Trinajstić information content (AvgIpc) is 2.84. The maximum atomic E-state index is 12.9. The number of aldehydes is 1. The minimum Gasteiger partial charge on any atom is -0.490 e. The number of carbonyl (C=O) groups excluding carboxylic acids is 2. The molecule has 2 fully saturated rings. The Kier molecular flexibility index (Phi) is 7.99. The van der Waals surface area contributed by atoms with Crippen molar-refractivity contribution in [3.8, 4) is 5.75 Å². The van der Waals surface area contributed by atoms with Gasteiger partial charge in [-0.1, -0.05) is 18.2 Å². The van der Waals surface area contributed by atoms with E-state index in [4.69, 9.17) is 9.47 Å². The van der Waals surface area contributed by atoms with Gasteiger partial charge in [-0.05, 0) is 87.0 Å². The fourth-order valence-electron chi connectivity index (χ4n) is 5.24. The van der Waals surface area contributed by atoms with E-state index in [2.05, 4.69) is 11.0 Å². The number of rotatable bonds is 7. The number of hydrogen-bond donors (Lipinski definition) is 0. The number of halogens is 3. The first-order chi connectivity index (χ1) is 16.8. The molecule has 190 valence electrons. The number of piperidine rings is 1. The minimum atomic E-state index is -4.16. The van der Waals surface area contributed by atoms with Crippen LogP contribution in [0.1, 0.15) is 61.4 Å². The largest absolute Gasteiger partial charge is 0.490 e. The van der Waals surface area contributed by atoms with E-state index in [1.165, 1.54) is 0 Å². The predicted molar refractivity (Wildman–Crippen MR) is 126 cm³/mol. The zero-order valence-corrected chi connectivity index (χ0v) is 20.0. The molecule has 2 aromatic rings. The summed E-state index contributed by atoms with van der Waals surface area (Å²) in [6.07, 6.45) is -1.38. The topological polar surface area (TPSA) is 55.8 Å². The summed E-state index contributed by atoms with van der Waals surface area (Å²) in [6.45, 7) is 4.63. The molecule has 1 saturated carbocycles. The molecule has 1 saturated heterocycles. The molecular weight excluding hydrogens is 459 g/mol. The Morgan fingerprint density at radius 1 is 1.06 bits per heavy atom. The van der Waals surface area contributed by atoms with E-state index in [9.17, 15) is 22.8 Å². The third-order valence-corrected chi connectivity index (χ3v) is 7.25. The zero-order valence-electron chi connectivity index (χ0n) is 20.0. The number of fused-ring (bicyclic) bond motifs is 1. The summed E-state index contributed by atoms with van der Waals surface area (Å²) in [7, 11) is 0. The van der Waals surface area contributed by atoms with Crippen LogP contribution in [0.4, 0.5) is 13.2 Å². The molecule has 1 aliphatic carbocycles. The third kappa shape index (κ3) is 6.15. The van der Waals surface area contributed by atoms with Crippen molar-refractivity contribution in [2.45, 2.75) is 64.3 Å². The molecule has 5 nitrogen and oxygen atoms in total. The van der Waals surface area contributed by atoms with Crippen molar-refractivity contribution in [1.29, 1.82) is 0 Å². The van der Waals surface area contributed by atoms with Gasteiger partial charge in [-0.2, -0.15) is 13.2 Å². The summed E-state index contributed by atoms with van der Waals surface area (Å²) in [5.41, 5.74) is 1.55. The molecule has 8 heteroatoms. The highest BCUT2D eigenvalue weighted by molar-refractivity contribution is 6.01. The molecule has 1 aliphatic heterocycles. The van der Waals surface area contributed by atoms with Crippen molar-refractivity contribution in [1.82, 2.24) is 4.90 Å². The van der Waals surface area contributed by atoms with Crippen molar-refractivity contribution >= 4 is 23.0 Å². The predicted octanol–water partition coefficient (Wildman–Crippen LogP) is 5.93. The minimum absolute atomic E-state index is 0.0279. The zero-order chi connectivity index (χ0) is 25.0. The van der Waals surface area contributed by atoms with Crippen LogP contribution in [0.2, 0.25) is 0 Å². The van der Waals surface area contributed by atoms with Gasteiger partial charge in [-0.15, -0.1) is 0 Å². The van der Waals surface area contributed by atoms with Gasteiger partial charge < -0.3 is 9.47 Å². The highest BCUT2D eigenvalue weighted by Crippen LogP contribution is 2.39. The van der Waals surface area contributed by atoms with Crippen LogP contribution in [0.15, 0.2) is 30.3 Å². The van der Waals surface area contributed by atoms with Gasteiger partial charge in [0.25, 0.3) is 0 Å². The molecule has 2 aliphatic rings. The number of alkyl halides is 3. The lowest BCUT2D eigenvalue weighted by Gasteiger charge is -2.31. The number of likely N-dealkylation sites (tertiary alicyclic amines) is 1. The van der Waals surface area contributed by atoms with E-state index in [0.717, 1.165) is 55.1 Å². The molecule has 35 heavy (non-hydrogen) atoms. The molecule has 0 bridgehead atoms. The maximum Gasteiger partial charge on any atom is 0.391 e. The van der Waals surface area contributed by atoms with Crippen LogP contribution in [-0.4, -0.2) is 49.1 Å². The number of hydrogen-bond acceptors (Lipinski definition) is 5. The van der Waals surface area contributed by atoms with Gasteiger partial charge >= 0.3 is 12.1 Å². The van der Waals surface area contributed by atoms with E-state index in [0.29, 0.717) is 30.8 Å². The Labute approximate surface area is 203 Å². The third-order valence-electron chi connectivity index (χ3n) is 7.25. The monoisotopic (exact) mass is 491 g/mol. The molecule has 1 heterocycles. The van der Waals surface area contributed by atoms with Crippen molar-refractivity contribution in [2.75, 3.05) is 19.7 Å². The average molecular weight is 492 g/mol. The van der Waals surface area contributed by atoms with E-state index >= 15 is 0 Å². The Morgan fingerprint density at radius 2 is 1.77 bits per heavy atom. The maximum absolute atomic E-state index is 12.9. The van der Waals surface area contributed by atoms with Gasteiger partial charge in [-0.3, -0.25) is 14.5 Å². The number of ether oxygens (including phenoxy) is 2. The molecule has 0 spiro atoms. The van der Waals surface area contributed by atoms with Crippen LogP contribution < -0.4 is 4.74 Å². The Hall–Kier alpha value is -2.61. The van der Waals surface area contributed by atoms with Gasteiger partial charge in [0.2, 0.25) is 0 Å². The van der Waals surface area contributed by atoms with E-state index < -0.39 is 12.1 Å². The summed E-state index contributed by atoms with van der Waals surface area (Å²) in [4.78, 5) is 26.2. The Balaban J connectivity index is 1.39. The number of benzene rings is 2. The van der Waals surface area contributed by atoms with Gasteiger partial charge in [0.05, 0.1) is 30.1 Å². The first-order valence-electron chi connectivity index (χ1n) is 12.4. The lowest BCUT2D eigenvalue weighted by atomic mass is 9.87. The lowest BCUT2D eigenvalue weighted by molar-refractivity contribution is -0.185. The fraction of sp³-hybridized carbons (Fsp3) is 0.556. The van der Waals surface area contributed by atoms with Crippen molar-refractivity contribution in [3.63, 3.8) is 0 Å². The molecule has 0 aromatic heterocycles. The van der Waals surface area contributed by atoms with E-state index in [-0.39, 0.29) is 30.8 Å². The standard InChI is InChI=1S/C27H32F3NO4/c1-2-34-26(33)19-11-13-31(14-12-19)16-18-3-9-23-20(15-18)4-10-25(24(23)17-32)35-22-7-5-21(6-8-22)27(28,29)30/h3-4,9-10,15,17,19,21-22H,2,5-8,11-14,16H2,1H3/t21-,22+. The second kappa shape index (κ2) is 11.0. The van der Waals surface area contributed by atoms with Crippen LogP contribution in [0.3, 0.4) is 0 Å². The summed E-state index contributed by atoms with van der Waals surface area (Å²) < 4.78 is 50.0. The molecular formula is C27H32F3NO4. The van der Waals surface area contributed by atoms with Crippen molar-refractivity contribution in [2.24, 2.45) is 11.8 Å². The summed E-state index contributed by atoms with van der Waals surface area (Å²) >= 11 is 0. The SMILES string of the molecule is CCOC(=O)C1CCN(Cc2ccc3c(C=O)c(O[C@H]4CC[C@@H](C(F)(F)F)CC4)ccc3c2)CC1. The van der Waals surface area contributed by atoms with E-state index in [1.807, 2.05) is 25.1 Å².